The van der Waals surface area contributed by atoms with Crippen molar-refractivity contribution in [1.29, 1.82) is 0 Å². The lowest BCUT2D eigenvalue weighted by Crippen LogP contribution is -2.25. The van der Waals surface area contributed by atoms with Crippen molar-refractivity contribution in [2.75, 3.05) is 25.4 Å². The first-order chi connectivity index (χ1) is 13.2. The van der Waals surface area contributed by atoms with Gasteiger partial charge in [0.25, 0.3) is 0 Å². The van der Waals surface area contributed by atoms with E-state index in [2.05, 4.69) is 29.9 Å². The van der Waals surface area contributed by atoms with Crippen LogP contribution < -0.4 is 0 Å². The monoisotopic (exact) mass is 447 g/mol. The number of carboxylic acid groups (broad SMARTS) is 2. The van der Waals surface area contributed by atoms with Crippen molar-refractivity contribution >= 4 is 46.9 Å². The first kappa shape index (κ1) is 24.3. The zero-order valence-corrected chi connectivity index (χ0v) is 18.2. The summed E-state index contributed by atoms with van der Waals surface area (Å²) in [5.74, 6) is -2.61. The quantitative estimate of drug-likeness (QED) is 0.487. The van der Waals surface area contributed by atoms with Gasteiger partial charge in [0, 0.05) is 18.0 Å². The van der Waals surface area contributed by atoms with Crippen LogP contribution in [0.25, 0.3) is 5.69 Å². The number of carbonyl (C=O) groups is 2. The van der Waals surface area contributed by atoms with Crippen molar-refractivity contribution in [2.45, 2.75) is 25.8 Å². The van der Waals surface area contributed by atoms with Crippen LogP contribution in [-0.2, 0) is 9.59 Å². The molecule has 2 rings (SSSR count). The molecule has 0 radical (unpaired) electrons. The second-order valence-electron chi connectivity index (χ2n) is 5.62. The number of carboxylic acids is 2. The van der Waals surface area contributed by atoms with Crippen molar-refractivity contribution in [2.24, 2.45) is 0 Å². The molecule has 0 spiro atoms. The number of thioether (sulfide) groups is 1. The van der Waals surface area contributed by atoms with E-state index in [1.807, 2.05) is 23.7 Å². The summed E-state index contributed by atoms with van der Waals surface area (Å²) in [5, 5.41) is 21.6. The molecule has 10 heteroatoms. The highest BCUT2D eigenvalue weighted by Gasteiger charge is 2.09. The number of benzene rings is 1. The van der Waals surface area contributed by atoms with Gasteiger partial charge in [-0.05, 0) is 44.3 Å². The predicted octanol–water partition coefficient (Wildman–Crippen LogP) is 4.08. The Morgan fingerprint density at radius 1 is 1.11 bits per heavy atom. The Morgan fingerprint density at radius 2 is 1.71 bits per heavy atom. The van der Waals surface area contributed by atoms with Gasteiger partial charge in [0.15, 0.2) is 0 Å². The van der Waals surface area contributed by atoms with Gasteiger partial charge < -0.3 is 15.1 Å². The molecule has 154 valence electrons. The summed E-state index contributed by atoms with van der Waals surface area (Å²) in [6.45, 7) is 9.69. The van der Waals surface area contributed by atoms with Crippen LogP contribution in [0, 0.1) is 6.92 Å². The van der Waals surface area contributed by atoms with Crippen LogP contribution >= 0.6 is 35.0 Å². The molecule has 0 amide bonds. The van der Waals surface area contributed by atoms with E-state index in [4.69, 9.17) is 43.0 Å². The zero-order valence-electron chi connectivity index (χ0n) is 15.9. The van der Waals surface area contributed by atoms with Crippen LogP contribution in [0.4, 0.5) is 0 Å². The zero-order chi connectivity index (χ0) is 21.3. The number of aromatic nitrogens is 2. The highest BCUT2D eigenvalue weighted by atomic mass is 35.5. The lowest BCUT2D eigenvalue weighted by atomic mass is 10.3. The van der Waals surface area contributed by atoms with Crippen molar-refractivity contribution in [3.8, 4) is 5.69 Å². The maximum atomic E-state index is 9.10. The van der Waals surface area contributed by atoms with Gasteiger partial charge in [-0.2, -0.15) is 5.10 Å². The summed E-state index contributed by atoms with van der Waals surface area (Å²) in [5.41, 5.74) is 2.02. The van der Waals surface area contributed by atoms with E-state index in [1.165, 1.54) is 0 Å². The summed E-state index contributed by atoms with van der Waals surface area (Å²) in [6, 6.07) is 7.68. The van der Waals surface area contributed by atoms with Crippen LogP contribution in [0.1, 0.15) is 19.5 Å². The fourth-order valence-corrected chi connectivity index (χ4v) is 3.46. The Morgan fingerprint density at radius 3 is 2.21 bits per heavy atom. The van der Waals surface area contributed by atoms with E-state index in [1.54, 1.807) is 17.8 Å². The molecule has 0 unspecified atom stereocenters. The molecule has 0 saturated heterocycles. The Hall–Kier alpha value is -1.74. The van der Waals surface area contributed by atoms with Crippen molar-refractivity contribution in [3.63, 3.8) is 0 Å². The van der Waals surface area contributed by atoms with Crippen LogP contribution in [0.3, 0.4) is 0 Å². The van der Waals surface area contributed by atoms with Gasteiger partial charge >= 0.3 is 11.9 Å². The fraction of sp³-hybridized carbons (Fsp3) is 0.389. The van der Waals surface area contributed by atoms with Crippen molar-refractivity contribution in [1.82, 2.24) is 14.7 Å². The standard InChI is InChI=1S/C16H21Cl2N3S.C2H2O4/c1-4-20(5-2)8-9-22-16-10-12(3)21(19-16)13-6-7-14(17)15(18)11-13;3-1(4)2(5)6/h6-7,10-11H,4-5,8-9H2,1-3H3;(H,3,4)(H,5,6). The Labute approximate surface area is 178 Å². The van der Waals surface area contributed by atoms with Gasteiger partial charge in [-0.3, -0.25) is 0 Å². The minimum atomic E-state index is -1.82. The number of hydrogen-bond donors (Lipinski definition) is 2. The Bertz CT molecular complexity index is 798. The molecule has 7 nitrogen and oxygen atoms in total. The van der Waals surface area contributed by atoms with Crippen molar-refractivity contribution in [3.05, 3.63) is 40.0 Å². The van der Waals surface area contributed by atoms with Gasteiger partial charge in [0.2, 0.25) is 0 Å². The van der Waals surface area contributed by atoms with Crippen LogP contribution in [-0.4, -0.2) is 62.2 Å². The maximum absolute atomic E-state index is 9.10. The molecule has 1 heterocycles. The highest BCUT2D eigenvalue weighted by Crippen LogP contribution is 2.26. The molecule has 0 aliphatic carbocycles. The number of nitrogens with zero attached hydrogens (tertiary/aromatic N) is 3. The molecular formula is C18H23Cl2N3O4S. The van der Waals surface area contributed by atoms with Gasteiger partial charge in [-0.25, -0.2) is 14.3 Å². The second-order valence-corrected chi connectivity index (χ2v) is 7.55. The lowest BCUT2D eigenvalue weighted by molar-refractivity contribution is -0.159. The fourth-order valence-electron chi connectivity index (χ4n) is 2.21. The van der Waals surface area contributed by atoms with E-state index in [0.717, 1.165) is 41.8 Å². The lowest BCUT2D eigenvalue weighted by Gasteiger charge is -2.16. The molecule has 28 heavy (non-hydrogen) atoms. The highest BCUT2D eigenvalue weighted by molar-refractivity contribution is 7.99. The Kier molecular flexibility index (Phi) is 10.4. The third-order valence-electron chi connectivity index (χ3n) is 3.75. The molecule has 0 aliphatic heterocycles. The maximum Gasteiger partial charge on any atom is 0.414 e. The molecule has 2 N–H and O–H groups in total. The minimum absolute atomic E-state index is 0.546. The normalized spacial score (nSPS) is 10.5. The van der Waals surface area contributed by atoms with Crippen molar-refractivity contribution < 1.29 is 19.8 Å². The minimum Gasteiger partial charge on any atom is -0.473 e. The largest absolute Gasteiger partial charge is 0.473 e. The van der Waals surface area contributed by atoms with E-state index in [-0.39, 0.29) is 0 Å². The number of rotatable bonds is 7. The van der Waals surface area contributed by atoms with E-state index < -0.39 is 11.9 Å². The molecular weight excluding hydrogens is 425 g/mol. The predicted molar refractivity (Wildman–Crippen MR) is 112 cm³/mol. The smallest absolute Gasteiger partial charge is 0.414 e. The summed E-state index contributed by atoms with van der Waals surface area (Å²) >= 11 is 13.8. The van der Waals surface area contributed by atoms with Gasteiger partial charge in [-0.1, -0.05) is 37.0 Å². The van der Waals surface area contributed by atoms with Crippen LogP contribution in [0.5, 0.6) is 0 Å². The van der Waals surface area contributed by atoms with Gasteiger partial charge in [-0.15, -0.1) is 11.8 Å². The molecule has 0 fully saturated rings. The summed E-state index contributed by atoms with van der Waals surface area (Å²) in [7, 11) is 0. The summed E-state index contributed by atoms with van der Waals surface area (Å²) in [6.07, 6.45) is 0. The molecule has 0 saturated carbocycles. The Balaban J connectivity index is 0.000000568. The summed E-state index contributed by atoms with van der Waals surface area (Å²) in [4.78, 5) is 20.6. The van der Waals surface area contributed by atoms with Crippen LogP contribution in [0.15, 0.2) is 29.3 Å². The third-order valence-corrected chi connectivity index (χ3v) is 5.37. The first-order valence-corrected chi connectivity index (χ1v) is 10.3. The number of aliphatic carboxylic acids is 2. The number of halogens is 2. The van der Waals surface area contributed by atoms with Gasteiger partial charge in [0.05, 0.1) is 15.7 Å². The van der Waals surface area contributed by atoms with Gasteiger partial charge in [0.1, 0.15) is 5.03 Å². The average Bonchev–Trinajstić information content (AvgIpc) is 3.02. The number of aryl methyl sites for hydroxylation is 1. The molecule has 1 aromatic carbocycles. The van der Waals surface area contributed by atoms with Crippen LogP contribution in [0.2, 0.25) is 10.0 Å². The molecule has 0 atom stereocenters. The third kappa shape index (κ3) is 7.71. The topological polar surface area (TPSA) is 95.7 Å². The number of hydrogen-bond acceptors (Lipinski definition) is 5. The molecule has 0 aliphatic rings. The van der Waals surface area contributed by atoms with E-state index in [9.17, 15) is 0 Å². The molecule has 2 aromatic rings. The molecule has 0 bridgehead atoms. The van der Waals surface area contributed by atoms with E-state index in [0.29, 0.717) is 10.0 Å². The average molecular weight is 448 g/mol. The molecule has 1 aromatic heterocycles. The SMILES string of the molecule is CCN(CC)CCSc1cc(C)n(-c2ccc(Cl)c(Cl)c2)n1.O=C(O)C(=O)O. The summed E-state index contributed by atoms with van der Waals surface area (Å²) < 4.78 is 1.90. The first-order valence-electron chi connectivity index (χ1n) is 8.53. The van der Waals surface area contributed by atoms with E-state index >= 15 is 0 Å². The second kappa shape index (κ2) is 12.0.